The second kappa shape index (κ2) is 16.9. The summed E-state index contributed by atoms with van der Waals surface area (Å²) in [4.78, 5) is 28.4. The molecule has 10 nitrogen and oxygen atoms in total. The van der Waals surface area contributed by atoms with Crippen LogP contribution in [0.1, 0.15) is 53.6 Å². The van der Waals surface area contributed by atoms with Crippen molar-refractivity contribution < 1.29 is 27.5 Å². The average molecular weight is 711 g/mol. The third-order valence-corrected chi connectivity index (χ3v) is 10.9. The van der Waals surface area contributed by atoms with Gasteiger partial charge in [-0.1, -0.05) is 48.5 Å². The number of carbonyl (C=O) groups excluding carboxylic acids is 2. The van der Waals surface area contributed by atoms with Gasteiger partial charge < -0.3 is 25.0 Å². The molecule has 0 saturated carbocycles. The molecule has 0 bridgehead atoms. The topological polar surface area (TPSA) is 126 Å². The summed E-state index contributed by atoms with van der Waals surface area (Å²) in [7, 11) is -4.18. The summed E-state index contributed by atoms with van der Waals surface area (Å²) in [6.45, 7) is 5.57. The molecule has 2 saturated heterocycles. The number of amides is 2. The van der Waals surface area contributed by atoms with E-state index in [-0.39, 0.29) is 28.2 Å². The first-order chi connectivity index (χ1) is 24.7. The predicted octanol–water partition coefficient (Wildman–Crippen LogP) is 6.46. The predicted molar refractivity (Wildman–Crippen MR) is 199 cm³/mol. The Kier molecular flexibility index (Phi) is 11.9. The largest absolute Gasteiger partial charge is 0.456 e. The number of carbonyl (C=O) groups is 2. The lowest BCUT2D eigenvalue weighted by molar-refractivity contribution is -0.121. The van der Waals surface area contributed by atoms with Gasteiger partial charge in [0.1, 0.15) is 11.5 Å². The van der Waals surface area contributed by atoms with Crippen molar-refractivity contribution in [1.82, 2.24) is 10.0 Å². The molecular formula is C40H46N4O6S. The number of nitrogens with zero attached hydrogens (tertiary/aromatic N) is 1. The normalized spacial score (nSPS) is 15.6. The highest BCUT2D eigenvalue weighted by atomic mass is 32.2. The Morgan fingerprint density at radius 3 is 2.27 bits per heavy atom. The highest BCUT2D eigenvalue weighted by Crippen LogP contribution is 2.32. The number of piperidine rings is 1. The minimum Gasteiger partial charge on any atom is -0.456 e. The van der Waals surface area contributed by atoms with Crippen LogP contribution < -0.4 is 25.0 Å². The summed E-state index contributed by atoms with van der Waals surface area (Å²) in [5.41, 5.74) is 3.71. The number of benzene rings is 4. The number of nitrogens with one attached hydrogen (secondary N) is 3. The van der Waals surface area contributed by atoms with Crippen LogP contribution in [0.15, 0.2) is 102 Å². The number of para-hydroxylation sites is 1. The fourth-order valence-corrected chi connectivity index (χ4v) is 7.57. The number of ether oxygens (including phenoxy) is 2. The van der Waals surface area contributed by atoms with Gasteiger partial charge in [-0.25, -0.2) is 13.1 Å². The molecule has 51 heavy (non-hydrogen) atoms. The Morgan fingerprint density at radius 1 is 0.863 bits per heavy atom. The molecular weight excluding hydrogens is 665 g/mol. The molecule has 2 heterocycles. The van der Waals surface area contributed by atoms with Crippen molar-refractivity contribution in [2.75, 3.05) is 43.1 Å². The van der Waals surface area contributed by atoms with E-state index in [0.29, 0.717) is 37.6 Å². The third-order valence-electron chi connectivity index (χ3n) is 9.55. The summed E-state index contributed by atoms with van der Waals surface area (Å²) in [6, 6.07) is 29.1. The number of aryl methyl sites for hydroxylation is 2. The van der Waals surface area contributed by atoms with E-state index in [1.54, 1.807) is 42.5 Å². The Labute approximate surface area is 300 Å². The molecule has 2 amide bonds. The first kappa shape index (κ1) is 35.9. The molecule has 0 spiro atoms. The van der Waals surface area contributed by atoms with Gasteiger partial charge in [-0.05, 0) is 98.5 Å². The summed E-state index contributed by atoms with van der Waals surface area (Å²) < 4.78 is 40.8. The van der Waals surface area contributed by atoms with Crippen LogP contribution in [0.4, 0.5) is 11.4 Å². The number of anilines is 2. The smallest absolute Gasteiger partial charge is 0.268 e. The van der Waals surface area contributed by atoms with Crippen molar-refractivity contribution in [2.45, 2.75) is 56.4 Å². The SMILES string of the molecule is Cc1cc(S(=O)(=O)NC(=O)c2ccc(N3CCC(NC(=O)CCc4ccccc4)CC3)cc2Oc2ccccc2)ccc1NCC1CCOCC1. The first-order valence-corrected chi connectivity index (χ1v) is 19.2. The molecule has 0 atom stereocenters. The zero-order valence-corrected chi connectivity index (χ0v) is 29.8. The van der Waals surface area contributed by atoms with Crippen molar-refractivity contribution in [1.29, 1.82) is 0 Å². The molecule has 268 valence electrons. The molecule has 0 unspecified atom stereocenters. The van der Waals surface area contributed by atoms with Gasteiger partial charge in [0.2, 0.25) is 5.91 Å². The van der Waals surface area contributed by atoms with Gasteiger partial charge >= 0.3 is 0 Å². The molecule has 11 heteroatoms. The Bertz CT molecular complexity index is 1890. The van der Waals surface area contributed by atoms with Crippen molar-refractivity contribution in [3.63, 3.8) is 0 Å². The van der Waals surface area contributed by atoms with Crippen LogP contribution in [0.3, 0.4) is 0 Å². The maximum atomic E-state index is 13.6. The lowest BCUT2D eigenvalue weighted by atomic mass is 10.0. The van der Waals surface area contributed by atoms with Gasteiger partial charge in [0, 0.05) is 62.8 Å². The van der Waals surface area contributed by atoms with Crippen molar-refractivity contribution in [3.8, 4) is 11.5 Å². The van der Waals surface area contributed by atoms with Crippen LogP contribution in [0.2, 0.25) is 0 Å². The van der Waals surface area contributed by atoms with Crippen molar-refractivity contribution in [3.05, 3.63) is 114 Å². The van der Waals surface area contributed by atoms with E-state index in [1.807, 2.05) is 55.5 Å². The van der Waals surface area contributed by atoms with Crippen LogP contribution in [-0.2, 0) is 26.0 Å². The Morgan fingerprint density at radius 2 is 1.57 bits per heavy atom. The molecule has 2 aliphatic heterocycles. The quantitative estimate of drug-likeness (QED) is 0.144. The number of hydrogen-bond acceptors (Lipinski definition) is 8. The standard InChI is InChI=1S/C40H46N4O6S/c1-29-26-35(14-16-37(29)41-28-31-20-24-49-25-21-31)51(47,48)43-40(46)36-15-13-33(27-38(36)50-34-10-6-3-7-11-34)44-22-18-32(19-23-44)42-39(45)17-12-30-8-4-2-5-9-30/h2-11,13-16,26-27,31-32,41H,12,17-25,28H2,1H3,(H,42,45)(H,43,46). The summed E-state index contributed by atoms with van der Waals surface area (Å²) >= 11 is 0. The molecule has 4 aromatic rings. The van der Waals surface area contributed by atoms with Crippen molar-refractivity contribution in [2.24, 2.45) is 5.92 Å². The van der Waals surface area contributed by atoms with E-state index in [1.165, 1.54) is 6.07 Å². The van der Waals surface area contributed by atoms with Gasteiger partial charge in [0.25, 0.3) is 15.9 Å². The minimum absolute atomic E-state index is 0.00198. The third kappa shape index (κ3) is 9.89. The minimum atomic E-state index is -4.18. The van der Waals surface area contributed by atoms with Gasteiger partial charge in [0.05, 0.1) is 10.5 Å². The maximum absolute atomic E-state index is 13.6. The lowest BCUT2D eigenvalue weighted by Crippen LogP contribution is -2.44. The number of hydrogen-bond donors (Lipinski definition) is 3. The second-order valence-electron chi connectivity index (χ2n) is 13.3. The van der Waals surface area contributed by atoms with Crippen LogP contribution in [0, 0.1) is 12.8 Å². The van der Waals surface area contributed by atoms with Crippen molar-refractivity contribution >= 4 is 33.2 Å². The van der Waals surface area contributed by atoms with E-state index in [2.05, 4.69) is 20.3 Å². The maximum Gasteiger partial charge on any atom is 0.268 e. The highest BCUT2D eigenvalue weighted by Gasteiger charge is 2.26. The van der Waals surface area contributed by atoms with Crippen LogP contribution >= 0.6 is 0 Å². The highest BCUT2D eigenvalue weighted by molar-refractivity contribution is 7.90. The fourth-order valence-electron chi connectivity index (χ4n) is 6.52. The first-order valence-electron chi connectivity index (χ1n) is 17.7. The van der Waals surface area contributed by atoms with E-state index in [4.69, 9.17) is 9.47 Å². The van der Waals surface area contributed by atoms with Crippen LogP contribution in [0.5, 0.6) is 11.5 Å². The molecule has 2 fully saturated rings. The van der Waals surface area contributed by atoms with E-state index in [0.717, 1.165) is 67.9 Å². The summed E-state index contributed by atoms with van der Waals surface area (Å²) in [5, 5.41) is 6.62. The van der Waals surface area contributed by atoms with Gasteiger partial charge in [0.15, 0.2) is 0 Å². The second-order valence-corrected chi connectivity index (χ2v) is 14.9. The van der Waals surface area contributed by atoms with Gasteiger partial charge in [-0.3, -0.25) is 9.59 Å². The van der Waals surface area contributed by atoms with Gasteiger partial charge in [-0.15, -0.1) is 0 Å². The molecule has 4 aromatic carbocycles. The number of rotatable bonds is 13. The molecule has 0 aromatic heterocycles. The Balaban J connectivity index is 1.10. The zero-order chi connectivity index (χ0) is 35.6. The molecule has 6 rings (SSSR count). The summed E-state index contributed by atoms with van der Waals surface area (Å²) in [6.07, 6.45) is 4.69. The molecule has 0 radical (unpaired) electrons. The summed E-state index contributed by atoms with van der Waals surface area (Å²) in [5.74, 6) is 0.530. The van der Waals surface area contributed by atoms with E-state index >= 15 is 0 Å². The van der Waals surface area contributed by atoms with E-state index in [9.17, 15) is 18.0 Å². The monoisotopic (exact) mass is 710 g/mol. The Hall–Kier alpha value is -4.87. The zero-order valence-electron chi connectivity index (χ0n) is 29.0. The fraction of sp³-hybridized carbons (Fsp3) is 0.350. The number of sulfonamides is 1. The van der Waals surface area contributed by atoms with Crippen LogP contribution in [0.25, 0.3) is 0 Å². The lowest BCUT2D eigenvalue weighted by Gasteiger charge is -2.34. The molecule has 3 N–H and O–H groups in total. The van der Waals surface area contributed by atoms with Crippen LogP contribution in [-0.4, -0.2) is 59.1 Å². The van der Waals surface area contributed by atoms with Gasteiger partial charge in [-0.2, -0.15) is 0 Å². The molecule has 0 aliphatic carbocycles. The average Bonchev–Trinajstić information content (AvgIpc) is 3.15. The molecule has 2 aliphatic rings. The van der Waals surface area contributed by atoms with E-state index < -0.39 is 15.9 Å².